The molecule has 1 amide bonds. The van der Waals surface area contributed by atoms with Gasteiger partial charge in [0.15, 0.2) is 0 Å². The summed E-state index contributed by atoms with van der Waals surface area (Å²) in [4.78, 5) is 13.8. The molecule has 0 atom stereocenters. The monoisotopic (exact) mass is 279 g/mol. The van der Waals surface area contributed by atoms with Gasteiger partial charge in [0.1, 0.15) is 0 Å². The first-order chi connectivity index (χ1) is 7.60. The summed E-state index contributed by atoms with van der Waals surface area (Å²) in [7, 11) is 0. The van der Waals surface area contributed by atoms with Gasteiger partial charge in [0.25, 0.3) is 5.91 Å². The maximum Gasteiger partial charge on any atom is 0.255 e. The molecule has 0 fully saturated rings. The van der Waals surface area contributed by atoms with E-state index in [-0.39, 0.29) is 5.91 Å². The summed E-state index contributed by atoms with van der Waals surface area (Å²) in [5.74, 6) is 2.46. The SMILES string of the molecule is C#CCN(CC)C(=O)c1cc(C)ccc1Br. The molecule has 0 unspecified atom stereocenters. The molecule has 0 spiro atoms. The molecule has 1 aromatic rings. The molecule has 0 aliphatic heterocycles. The molecule has 0 radical (unpaired) electrons. The molecule has 0 saturated heterocycles. The zero-order chi connectivity index (χ0) is 12.1. The van der Waals surface area contributed by atoms with Crippen LogP contribution in [0.1, 0.15) is 22.8 Å². The van der Waals surface area contributed by atoms with Crippen LogP contribution in [0.25, 0.3) is 0 Å². The molecule has 0 heterocycles. The minimum Gasteiger partial charge on any atom is -0.328 e. The van der Waals surface area contributed by atoms with Gasteiger partial charge in [-0.2, -0.15) is 0 Å². The van der Waals surface area contributed by atoms with E-state index >= 15 is 0 Å². The van der Waals surface area contributed by atoms with Crippen LogP contribution in [0.5, 0.6) is 0 Å². The van der Waals surface area contributed by atoms with E-state index < -0.39 is 0 Å². The van der Waals surface area contributed by atoms with E-state index in [0.717, 1.165) is 10.0 Å². The summed E-state index contributed by atoms with van der Waals surface area (Å²) in [6.07, 6.45) is 5.23. The zero-order valence-corrected chi connectivity index (χ0v) is 11.0. The normalized spacial score (nSPS) is 9.62. The van der Waals surface area contributed by atoms with Crippen LogP contribution < -0.4 is 0 Å². The quantitative estimate of drug-likeness (QED) is 0.780. The highest BCUT2D eigenvalue weighted by Crippen LogP contribution is 2.19. The highest BCUT2D eigenvalue weighted by Gasteiger charge is 2.15. The van der Waals surface area contributed by atoms with Crippen molar-refractivity contribution in [2.75, 3.05) is 13.1 Å². The number of halogens is 1. The second-order valence-electron chi connectivity index (χ2n) is 3.51. The maximum atomic E-state index is 12.1. The number of nitrogens with zero attached hydrogens (tertiary/aromatic N) is 1. The Kier molecular flexibility index (Phi) is 4.57. The maximum absolute atomic E-state index is 12.1. The third-order valence-electron chi connectivity index (χ3n) is 2.30. The van der Waals surface area contributed by atoms with E-state index in [2.05, 4.69) is 21.9 Å². The van der Waals surface area contributed by atoms with Crippen molar-refractivity contribution in [3.8, 4) is 12.3 Å². The molecule has 0 aliphatic rings. The number of carbonyl (C=O) groups is 1. The molecule has 0 bridgehead atoms. The Bertz CT molecular complexity index is 434. The van der Waals surface area contributed by atoms with Crippen molar-refractivity contribution in [3.63, 3.8) is 0 Å². The lowest BCUT2D eigenvalue weighted by Gasteiger charge is -2.18. The summed E-state index contributed by atoms with van der Waals surface area (Å²) in [5.41, 5.74) is 1.72. The summed E-state index contributed by atoms with van der Waals surface area (Å²) in [5, 5.41) is 0. The lowest BCUT2D eigenvalue weighted by atomic mass is 10.1. The molecule has 2 nitrogen and oxygen atoms in total. The van der Waals surface area contributed by atoms with Crippen molar-refractivity contribution in [1.29, 1.82) is 0 Å². The van der Waals surface area contributed by atoms with Crippen molar-refractivity contribution in [3.05, 3.63) is 33.8 Å². The van der Waals surface area contributed by atoms with Crippen LogP contribution in [0.3, 0.4) is 0 Å². The Hall–Kier alpha value is -1.27. The topological polar surface area (TPSA) is 20.3 Å². The van der Waals surface area contributed by atoms with Crippen molar-refractivity contribution in [2.45, 2.75) is 13.8 Å². The molecular weight excluding hydrogens is 266 g/mol. The number of carbonyl (C=O) groups excluding carboxylic acids is 1. The summed E-state index contributed by atoms with van der Waals surface area (Å²) < 4.78 is 0.804. The van der Waals surface area contributed by atoms with Gasteiger partial charge in [0, 0.05) is 11.0 Å². The largest absolute Gasteiger partial charge is 0.328 e. The molecule has 0 aromatic heterocycles. The van der Waals surface area contributed by atoms with Crippen molar-refractivity contribution in [2.24, 2.45) is 0 Å². The Morgan fingerprint density at radius 2 is 2.25 bits per heavy atom. The number of amides is 1. The fourth-order valence-corrected chi connectivity index (χ4v) is 1.83. The van der Waals surface area contributed by atoms with Crippen molar-refractivity contribution >= 4 is 21.8 Å². The first-order valence-electron chi connectivity index (χ1n) is 5.09. The average molecular weight is 280 g/mol. The number of hydrogen-bond acceptors (Lipinski definition) is 1. The van der Waals surface area contributed by atoms with E-state index in [4.69, 9.17) is 6.42 Å². The van der Waals surface area contributed by atoms with Crippen molar-refractivity contribution in [1.82, 2.24) is 4.90 Å². The molecule has 1 aromatic carbocycles. The van der Waals surface area contributed by atoms with E-state index in [1.54, 1.807) is 4.90 Å². The minimum absolute atomic E-state index is 0.0315. The Morgan fingerprint density at radius 1 is 1.56 bits per heavy atom. The second-order valence-corrected chi connectivity index (χ2v) is 4.36. The molecular formula is C13H14BrNO. The van der Waals surface area contributed by atoms with Gasteiger partial charge in [0.05, 0.1) is 12.1 Å². The molecule has 0 aliphatic carbocycles. The van der Waals surface area contributed by atoms with Gasteiger partial charge >= 0.3 is 0 Å². The fourth-order valence-electron chi connectivity index (χ4n) is 1.41. The predicted molar refractivity (Wildman–Crippen MR) is 69.3 cm³/mol. The molecule has 16 heavy (non-hydrogen) atoms. The van der Waals surface area contributed by atoms with Gasteiger partial charge in [-0.25, -0.2) is 0 Å². The van der Waals surface area contributed by atoms with E-state index in [1.165, 1.54) is 0 Å². The Balaban J connectivity index is 3.03. The number of terminal acetylenes is 1. The van der Waals surface area contributed by atoms with Gasteiger partial charge in [-0.05, 0) is 41.9 Å². The third kappa shape index (κ3) is 2.86. The smallest absolute Gasteiger partial charge is 0.255 e. The number of benzene rings is 1. The van der Waals surface area contributed by atoms with Crippen LogP contribution in [-0.2, 0) is 0 Å². The fraction of sp³-hybridized carbons (Fsp3) is 0.308. The Labute approximate surface area is 105 Å². The van der Waals surface area contributed by atoms with E-state index in [9.17, 15) is 4.79 Å². The number of rotatable bonds is 3. The van der Waals surface area contributed by atoms with Gasteiger partial charge in [-0.15, -0.1) is 6.42 Å². The van der Waals surface area contributed by atoms with Gasteiger partial charge in [-0.3, -0.25) is 4.79 Å². The van der Waals surface area contributed by atoms with Crippen LogP contribution in [0.15, 0.2) is 22.7 Å². The summed E-state index contributed by atoms with van der Waals surface area (Å²) in [6, 6.07) is 5.70. The first-order valence-corrected chi connectivity index (χ1v) is 5.88. The molecule has 3 heteroatoms. The van der Waals surface area contributed by atoms with Gasteiger partial charge < -0.3 is 4.90 Å². The molecule has 1 rings (SSSR count). The van der Waals surface area contributed by atoms with Crippen LogP contribution in [0, 0.1) is 19.3 Å². The lowest BCUT2D eigenvalue weighted by molar-refractivity contribution is 0.0784. The summed E-state index contributed by atoms with van der Waals surface area (Å²) in [6.45, 7) is 4.83. The van der Waals surface area contributed by atoms with Crippen LogP contribution >= 0.6 is 15.9 Å². The Morgan fingerprint density at radius 3 is 2.81 bits per heavy atom. The van der Waals surface area contributed by atoms with Crippen LogP contribution in [-0.4, -0.2) is 23.9 Å². The van der Waals surface area contributed by atoms with Crippen LogP contribution in [0.4, 0.5) is 0 Å². The molecule has 84 valence electrons. The van der Waals surface area contributed by atoms with E-state index in [1.807, 2.05) is 32.0 Å². The first kappa shape index (κ1) is 12.8. The van der Waals surface area contributed by atoms with Crippen molar-refractivity contribution < 1.29 is 4.79 Å². The zero-order valence-electron chi connectivity index (χ0n) is 9.46. The number of hydrogen-bond donors (Lipinski definition) is 0. The standard InChI is InChI=1S/C13H14BrNO/c1-4-8-15(5-2)13(16)11-9-10(3)6-7-12(11)14/h1,6-7,9H,5,8H2,2-3H3. The van der Waals surface area contributed by atoms with Gasteiger partial charge in [-0.1, -0.05) is 17.6 Å². The molecule has 0 N–H and O–H groups in total. The molecule has 0 saturated carbocycles. The highest BCUT2D eigenvalue weighted by atomic mass is 79.9. The van der Waals surface area contributed by atoms with Crippen LogP contribution in [0.2, 0.25) is 0 Å². The predicted octanol–water partition coefficient (Wildman–Crippen LogP) is 2.85. The minimum atomic E-state index is -0.0315. The average Bonchev–Trinajstić information content (AvgIpc) is 2.28. The highest BCUT2D eigenvalue weighted by molar-refractivity contribution is 9.10. The van der Waals surface area contributed by atoms with Gasteiger partial charge in [0.2, 0.25) is 0 Å². The summed E-state index contributed by atoms with van der Waals surface area (Å²) >= 11 is 3.38. The second kappa shape index (κ2) is 5.72. The van der Waals surface area contributed by atoms with E-state index in [0.29, 0.717) is 18.7 Å². The third-order valence-corrected chi connectivity index (χ3v) is 2.99. The number of aryl methyl sites for hydroxylation is 1. The lowest BCUT2D eigenvalue weighted by Crippen LogP contribution is -2.31.